The first-order valence-corrected chi connectivity index (χ1v) is 8.76. The summed E-state index contributed by atoms with van der Waals surface area (Å²) in [6.07, 6.45) is 5.30. The number of rotatable bonds is 4. The minimum absolute atomic E-state index is 0.0285. The van der Waals surface area contributed by atoms with Crippen LogP contribution in [0, 0.1) is 5.82 Å². The summed E-state index contributed by atoms with van der Waals surface area (Å²) in [5, 5.41) is 7.30. The zero-order chi connectivity index (χ0) is 17.9. The highest BCUT2D eigenvalue weighted by Gasteiger charge is 2.23. The fourth-order valence-corrected chi connectivity index (χ4v) is 3.38. The van der Waals surface area contributed by atoms with Gasteiger partial charge < -0.3 is 5.32 Å². The maximum absolute atomic E-state index is 13.9. The van der Waals surface area contributed by atoms with Crippen molar-refractivity contribution in [1.29, 1.82) is 0 Å². The van der Waals surface area contributed by atoms with E-state index in [0.29, 0.717) is 30.0 Å². The topological polar surface area (TPSA) is 62.5 Å². The molecule has 1 aliphatic heterocycles. The Kier molecular flexibility index (Phi) is 4.62. The summed E-state index contributed by atoms with van der Waals surface area (Å²) < 4.78 is 15.4. The highest BCUT2D eigenvalue weighted by Crippen LogP contribution is 2.16. The van der Waals surface area contributed by atoms with Crippen LogP contribution in [-0.4, -0.2) is 44.5 Å². The fourth-order valence-electron chi connectivity index (χ4n) is 3.38. The van der Waals surface area contributed by atoms with Gasteiger partial charge in [-0.2, -0.15) is 5.10 Å². The number of likely N-dealkylation sites (tertiary alicyclic amines) is 1. The van der Waals surface area contributed by atoms with Crippen molar-refractivity contribution in [2.75, 3.05) is 13.1 Å². The normalized spacial score (nSPS) is 18.1. The first kappa shape index (κ1) is 16.7. The van der Waals surface area contributed by atoms with Gasteiger partial charge in [0.15, 0.2) is 11.3 Å². The molecular weight excluding hydrogens is 333 g/mol. The number of carbonyl (C=O) groups excluding carboxylic acids is 1. The van der Waals surface area contributed by atoms with E-state index < -0.39 is 0 Å². The van der Waals surface area contributed by atoms with Crippen molar-refractivity contribution in [2.24, 2.45) is 0 Å². The zero-order valence-electron chi connectivity index (χ0n) is 14.3. The van der Waals surface area contributed by atoms with E-state index in [1.54, 1.807) is 41.2 Å². The Morgan fingerprint density at radius 1 is 1.31 bits per heavy atom. The first-order chi connectivity index (χ1) is 12.7. The third-order valence-electron chi connectivity index (χ3n) is 4.66. The van der Waals surface area contributed by atoms with Crippen LogP contribution in [0.4, 0.5) is 4.39 Å². The molecule has 0 saturated carbocycles. The maximum Gasteiger partial charge on any atom is 0.272 e. The predicted molar refractivity (Wildman–Crippen MR) is 95.2 cm³/mol. The van der Waals surface area contributed by atoms with Crippen LogP contribution in [0.1, 0.15) is 28.9 Å². The number of hydrogen-bond acceptors (Lipinski definition) is 4. The van der Waals surface area contributed by atoms with E-state index in [9.17, 15) is 9.18 Å². The lowest BCUT2D eigenvalue weighted by atomic mass is 10.0. The van der Waals surface area contributed by atoms with E-state index in [-0.39, 0.29) is 17.8 Å². The molecule has 0 spiro atoms. The molecule has 7 heteroatoms. The second-order valence-electron chi connectivity index (χ2n) is 6.59. The van der Waals surface area contributed by atoms with Gasteiger partial charge in [0.2, 0.25) is 0 Å². The molecule has 2 aromatic heterocycles. The highest BCUT2D eigenvalue weighted by atomic mass is 19.1. The van der Waals surface area contributed by atoms with Gasteiger partial charge >= 0.3 is 0 Å². The lowest BCUT2D eigenvalue weighted by Gasteiger charge is -2.33. The Bertz CT molecular complexity index is 892. The maximum atomic E-state index is 13.9. The Hall–Kier alpha value is -2.80. The molecule has 0 aliphatic carbocycles. The molecule has 6 nitrogen and oxygen atoms in total. The molecule has 1 N–H and O–H groups in total. The minimum atomic E-state index is -0.201. The summed E-state index contributed by atoms with van der Waals surface area (Å²) >= 11 is 0. The smallest absolute Gasteiger partial charge is 0.272 e. The molecule has 4 rings (SSSR count). The molecule has 1 saturated heterocycles. The van der Waals surface area contributed by atoms with Crippen LogP contribution >= 0.6 is 0 Å². The largest absolute Gasteiger partial charge is 0.347 e. The van der Waals surface area contributed by atoms with Gasteiger partial charge in [0.05, 0.1) is 0 Å². The number of carbonyl (C=O) groups is 1. The monoisotopic (exact) mass is 353 g/mol. The summed E-state index contributed by atoms with van der Waals surface area (Å²) in [6, 6.07) is 10.3. The van der Waals surface area contributed by atoms with Crippen LogP contribution < -0.4 is 5.32 Å². The number of amides is 1. The number of nitrogens with zero attached hydrogens (tertiary/aromatic N) is 4. The summed E-state index contributed by atoms with van der Waals surface area (Å²) in [4.78, 5) is 18.9. The van der Waals surface area contributed by atoms with Gasteiger partial charge in [0.1, 0.15) is 5.82 Å². The predicted octanol–water partition coefficient (Wildman–Crippen LogP) is 2.26. The molecule has 1 unspecified atom stereocenters. The van der Waals surface area contributed by atoms with Crippen LogP contribution in [0.25, 0.3) is 5.65 Å². The van der Waals surface area contributed by atoms with Crippen LogP contribution in [0.2, 0.25) is 0 Å². The number of fused-ring (bicyclic) bond motifs is 1. The minimum Gasteiger partial charge on any atom is -0.347 e. The first-order valence-electron chi connectivity index (χ1n) is 8.76. The van der Waals surface area contributed by atoms with Crippen molar-refractivity contribution in [3.05, 3.63) is 65.9 Å². The SMILES string of the molecule is O=C(NC1CCCN(Cc2ccccc2F)C1)c1cc2ncccn2n1. The molecule has 3 heterocycles. The number of nitrogens with one attached hydrogen (secondary N) is 1. The van der Waals surface area contributed by atoms with Crippen molar-refractivity contribution in [3.8, 4) is 0 Å². The van der Waals surface area contributed by atoms with Crippen molar-refractivity contribution in [1.82, 2.24) is 24.8 Å². The van der Waals surface area contributed by atoms with Crippen LogP contribution in [0.5, 0.6) is 0 Å². The van der Waals surface area contributed by atoms with Crippen molar-refractivity contribution >= 4 is 11.6 Å². The van der Waals surface area contributed by atoms with Gasteiger partial charge in [-0.3, -0.25) is 9.69 Å². The van der Waals surface area contributed by atoms with Crippen molar-refractivity contribution < 1.29 is 9.18 Å². The Labute approximate surface area is 150 Å². The average Bonchev–Trinajstić information content (AvgIpc) is 3.08. The molecule has 26 heavy (non-hydrogen) atoms. The van der Waals surface area contributed by atoms with Gasteiger partial charge in [-0.15, -0.1) is 0 Å². The van der Waals surface area contributed by atoms with Crippen molar-refractivity contribution in [3.63, 3.8) is 0 Å². The molecule has 0 radical (unpaired) electrons. The van der Waals surface area contributed by atoms with Crippen LogP contribution in [-0.2, 0) is 6.54 Å². The lowest BCUT2D eigenvalue weighted by Crippen LogP contribution is -2.47. The summed E-state index contributed by atoms with van der Waals surface area (Å²) in [5.41, 5.74) is 1.68. The summed E-state index contributed by atoms with van der Waals surface area (Å²) in [6.45, 7) is 2.15. The van der Waals surface area contributed by atoms with Gasteiger partial charge in [-0.25, -0.2) is 13.9 Å². The van der Waals surface area contributed by atoms with E-state index in [4.69, 9.17) is 0 Å². The second-order valence-corrected chi connectivity index (χ2v) is 6.59. The Balaban J connectivity index is 1.40. The number of aromatic nitrogens is 3. The van der Waals surface area contributed by atoms with E-state index in [2.05, 4.69) is 20.3 Å². The van der Waals surface area contributed by atoms with Gasteiger partial charge in [-0.1, -0.05) is 18.2 Å². The molecule has 1 fully saturated rings. The average molecular weight is 353 g/mol. The highest BCUT2D eigenvalue weighted by molar-refractivity contribution is 5.93. The van der Waals surface area contributed by atoms with Gasteiger partial charge in [-0.05, 0) is 31.5 Å². The molecule has 134 valence electrons. The van der Waals surface area contributed by atoms with Crippen LogP contribution in [0.3, 0.4) is 0 Å². The molecule has 1 atom stereocenters. The molecule has 1 aliphatic rings. The Morgan fingerprint density at radius 2 is 2.19 bits per heavy atom. The molecule has 3 aromatic rings. The number of halogens is 1. The molecule has 1 amide bonds. The fraction of sp³-hybridized carbons (Fsp3) is 0.316. The molecule has 1 aromatic carbocycles. The second kappa shape index (κ2) is 7.21. The number of benzene rings is 1. The van der Waals surface area contributed by atoms with Crippen LogP contribution in [0.15, 0.2) is 48.8 Å². The van der Waals surface area contributed by atoms with Gasteiger partial charge in [0, 0.05) is 43.2 Å². The summed E-state index contributed by atoms with van der Waals surface area (Å²) in [5.74, 6) is -0.385. The zero-order valence-corrected chi connectivity index (χ0v) is 14.3. The molecular formula is C19H20FN5O. The standard InChI is InChI=1S/C19H20FN5O/c20-16-7-2-1-5-14(16)12-24-9-3-6-15(13-24)22-19(26)17-11-18-21-8-4-10-25(18)23-17/h1-2,4-5,7-8,10-11,15H,3,6,9,12-13H2,(H,22,26). The van der Waals surface area contributed by atoms with E-state index >= 15 is 0 Å². The van der Waals surface area contributed by atoms with E-state index in [1.807, 2.05) is 6.07 Å². The lowest BCUT2D eigenvalue weighted by molar-refractivity contribution is 0.0895. The quantitative estimate of drug-likeness (QED) is 0.782. The third kappa shape index (κ3) is 3.57. The third-order valence-corrected chi connectivity index (χ3v) is 4.66. The van der Waals surface area contributed by atoms with E-state index in [0.717, 1.165) is 19.4 Å². The van der Waals surface area contributed by atoms with Crippen molar-refractivity contribution in [2.45, 2.75) is 25.4 Å². The Morgan fingerprint density at radius 3 is 3.04 bits per heavy atom. The number of piperidine rings is 1. The van der Waals surface area contributed by atoms with Gasteiger partial charge in [0.25, 0.3) is 5.91 Å². The summed E-state index contributed by atoms with van der Waals surface area (Å²) in [7, 11) is 0. The van der Waals surface area contributed by atoms with E-state index in [1.165, 1.54) is 6.07 Å². The number of hydrogen-bond donors (Lipinski definition) is 1. The molecule has 0 bridgehead atoms.